The van der Waals surface area contributed by atoms with Crippen LogP contribution in [0.1, 0.15) is 49.4 Å². The van der Waals surface area contributed by atoms with Crippen molar-refractivity contribution in [2.45, 2.75) is 39.0 Å². The number of hydrogen-bond donors (Lipinski definition) is 2. The highest BCUT2D eigenvalue weighted by Gasteiger charge is 2.20. The summed E-state index contributed by atoms with van der Waals surface area (Å²) in [5, 5.41) is 5.65. The summed E-state index contributed by atoms with van der Waals surface area (Å²) < 4.78 is 14.1. The molecule has 0 atom stereocenters. The number of nitrogens with zero attached hydrogens (tertiary/aromatic N) is 1. The van der Waals surface area contributed by atoms with Gasteiger partial charge in [-0.1, -0.05) is 19.8 Å². The van der Waals surface area contributed by atoms with Gasteiger partial charge in [0.15, 0.2) is 11.6 Å². The van der Waals surface area contributed by atoms with Gasteiger partial charge >= 0.3 is 0 Å². The Hall–Kier alpha value is -1.65. The molecule has 1 fully saturated rings. The van der Waals surface area contributed by atoms with E-state index >= 15 is 0 Å². The molecule has 0 bridgehead atoms. The predicted octanol–water partition coefficient (Wildman–Crippen LogP) is 2.96. The first-order valence-corrected chi connectivity index (χ1v) is 7.39. The van der Waals surface area contributed by atoms with E-state index in [4.69, 9.17) is 0 Å². The van der Waals surface area contributed by atoms with Crippen LogP contribution in [0.25, 0.3) is 0 Å². The maximum Gasteiger partial charge on any atom is 0.254 e. The van der Waals surface area contributed by atoms with Crippen LogP contribution in [0.2, 0.25) is 0 Å². The van der Waals surface area contributed by atoms with Crippen LogP contribution in [-0.2, 0) is 0 Å². The fourth-order valence-corrected chi connectivity index (χ4v) is 2.08. The monoisotopic (exact) mass is 279 g/mol. The number of hydrogen-bond acceptors (Lipinski definition) is 3. The molecule has 0 saturated heterocycles. The second-order valence-electron chi connectivity index (χ2n) is 5.29. The van der Waals surface area contributed by atoms with Crippen molar-refractivity contribution >= 4 is 11.7 Å². The lowest BCUT2D eigenvalue weighted by Gasteiger charge is -2.09. The number of carbonyl (C=O) groups excluding carboxylic acids is 1. The first-order valence-electron chi connectivity index (χ1n) is 7.39. The molecule has 2 N–H and O–H groups in total. The summed E-state index contributed by atoms with van der Waals surface area (Å²) in [7, 11) is 0. The minimum atomic E-state index is -0.569. The molecule has 20 heavy (non-hydrogen) atoms. The van der Waals surface area contributed by atoms with E-state index in [1.54, 1.807) is 0 Å². The Morgan fingerprint density at radius 3 is 2.95 bits per heavy atom. The van der Waals surface area contributed by atoms with Gasteiger partial charge in [-0.3, -0.25) is 4.79 Å². The van der Waals surface area contributed by atoms with Crippen LogP contribution in [0.5, 0.6) is 0 Å². The van der Waals surface area contributed by atoms with Gasteiger partial charge in [0.2, 0.25) is 0 Å². The van der Waals surface area contributed by atoms with E-state index < -0.39 is 5.82 Å². The molecule has 1 aliphatic rings. The molecule has 0 aliphatic heterocycles. The Kier molecular flexibility index (Phi) is 5.32. The van der Waals surface area contributed by atoms with Crippen molar-refractivity contribution in [2.24, 2.45) is 5.92 Å². The zero-order valence-corrected chi connectivity index (χ0v) is 11.9. The number of rotatable bonds is 8. The average Bonchev–Trinajstić information content (AvgIpc) is 3.26. The number of pyridine rings is 1. The second kappa shape index (κ2) is 7.22. The van der Waals surface area contributed by atoms with Crippen LogP contribution in [0, 0.1) is 11.7 Å². The van der Waals surface area contributed by atoms with Crippen LogP contribution < -0.4 is 10.6 Å². The highest BCUT2D eigenvalue weighted by Crippen LogP contribution is 2.33. The number of carbonyl (C=O) groups is 1. The molecular formula is C15H22FN3O. The highest BCUT2D eigenvalue weighted by molar-refractivity contribution is 5.95. The maximum absolute atomic E-state index is 14.1. The summed E-state index contributed by atoms with van der Waals surface area (Å²) in [6, 6.07) is 1.42. The molecule has 1 aliphatic carbocycles. The largest absolute Gasteiger partial charge is 0.368 e. The first kappa shape index (κ1) is 14.8. The van der Waals surface area contributed by atoms with E-state index in [0.29, 0.717) is 13.1 Å². The number of nitrogens with one attached hydrogen (secondary N) is 2. The summed E-state index contributed by atoms with van der Waals surface area (Å²) in [5.74, 6) is 0.0766. The van der Waals surface area contributed by atoms with Crippen LogP contribution in [0.15, 0.2) is 12.3 Å². The van der Waals surface area contributed by atoms with Gasteiger partial charge in [-0.05, 0) is 31.2 Å². The number of halogens is 1. The van der Waals surface area contributed by atoms with E-state index in [9.17, 15) is 9.18 Å². The third-order valence-corrected chi connectivity index (χ3v) is 3.45. The molecule has 0 radical (unpaired) electrons. The Labute approximate surface area is 119 Å². The fourth-order valence-electron chi connectivity index (χ4n) is 2.08. The third-order valence-electron chi connectivity index (χ3n) is 3.45. The summed E-state index contributed by atoms with van der Waals surface area (Å²) in [4.78, 5) is 15.9. The van der Waals surface area contributed by atoms with Crippen LogP contribution >= 0.6 is 0 Å². The van der Waals surface area contributed by atoms with E-state index in [-0.39, 0.29) is 17.3 Å². The van der Waals surface area contributed by atoms with Crippen molar-refractivity contribution in [3.63, 3.8) is 0 Å². The van der Waals surface area contributed by atoms with Gasteiger partial charge in [-0.25, -0.2) is 9.37 Å². The minimum Gasteiger partial charge on any atom is -0.368 e. The van der Waals surface area contributed by atoms with E-state index in [1.807, 2.05) is 6.92 Å². The molecular weight excluding hydrogens is 257 g/mol. The Bertz CT molecular complexity index is 460. The van der Waals surface area contributed by atoms with Gasteiger partial charge in [0.1, 0.15) is 0 Å². The zero-order chi connectivity index (χ0) is 14.4. The molecule has 4 nitrogen and oxygen atoms in total. The molecule has 0 spiro atoms. The van der Waals surface area contributed by atoms with Crippen LogP contribution in [0.4, 0.5) is 10.2 Å². The molecule has 110 valence electrons. The highest BCUT2D eigenvalue weighted by atomic mass is 19.1. The topological polar surface area (TPSA) is 54.0 Å². The molecule has 1 saturated carbocycles. The van der Waals surface area contributed by atoms with Crippen molar-refractivity contribution in [2.75, 3.05) is 18.4 Å². The van der Waals surface area contributed by atoms with Crippen LogP contribution in [-0.4, -0.2) is 24.0 Å². The molecule has 2 rings (SSSR count). The number of amides is 1. The third kappa shape index (κ3) is 4.18. The lowest BCUT2D eigenvalue weighted by Crippen LogP contribution is -2.26. The second-order valence-corrected chi connectivity index (χ2v) is 5.29. The van der Waals surface area contributed by atoms with Crippen molar-refractivity contribution in [3.05, 3.63) is 23.6 Å². The van der Waals surface area contributed by atoms with Gasteiger partial charge in [0.25, 0.3) is 5.91 Å². The van der Waals surface area contributed by atoms with Gasteiger partial charge < -0.3 is 10.6 Å². The lowest BCUT2D eigenvalue weighted by atomic mass is 10.2. The molecule has 1 amide bonds. The normalized spacial score (nSPS) is 14.1. The maximum atomic E-state index is 14.1. The van der Waals surface area contributed by atoms with Crippen molar-refractivity contribution in [1.82, 2.24) is 10.3 Å². The van der Waals surface area contributed by atoms with Crippen molar-refractivity contribution in [3.8, 4) is 0 Å². The van der Waals surface area contributed by atoms with Crippen molar-refractivity contribution < 1.29 is 9.18 Å². The Morgan fingerprint density at radius 2 is 2.25 bits per heavy atom. The molecule has 5 heteroatoms. The molecule has 1 heterocycles. The average molecular weight is 279 g/mol. The number of aromatic nitrogens is 1. The molecule has 0 aromatic carbocycles. The molecule has 1 aromatic heterocycles. The van der Waals surface area contributed by atoms with E-state index in [1.165, 1.54) is 25.1 Å². The van der Waals surface area contributed by atoms with E-state index in [0.717, 1.165) is 25.2 Å². The molecule has 0 unspecified atom stereocenters. The van der Waals surface area contributed by atoms with Crippen LogP contribution in [0.3, 0.4) is 0 Å². The number of anilines is 1. The lowest BCUT2D eigenvalue weighted by molar-refractivity contribution is 0.0948. The van der Waals surface area contributed by atoms with E-state index in [2.05, 4.69) is 15.6 Å². The van der Waals surface area contributed by atoms with Gasteiger partial charge in [-0.15, -0.1) is 0 Å². The van der Waals surface area contributed by atoms with Crippen molar-refractivity contribution in [1.29, 1.82) is 0 Å². The standard InChI is InChI=1S/C15H22FN3O/c1-2-8-17-14-13(16)12(7-10-18-14)15(20)19-9-3-4-11-5-6-11/h7,10-11H,2-6,8-9H2,1H3,(H,17,18)(H,19,20). The zero-order valence-electron chi connectivity index (χ0n) is 11.9. The predicted molar refractivity (Wildman–Crippen MR) is 77.3 cm³/mol. The summed E-state index contributed by atoms with van der Waals surface area (Å²) in [6.45, 7) is 3.23. The quantitative estimate of drug-likeness (QED) is 0.719. The summed E-state index contributed by atoms with van der Waals surface area (Å²) in [6.07, 6.45) is 7.09. The fraction of sp³-hybridized carbons (Fsp3) is 0.600. The smallest absolute Gasteiger partial charge is 0.254 e. The SMILES string of the molecule is CCCNc1nccc(C(=O)NCCCC2CC2)c1F. The van der Waals surface area contributed by atoms with Gasteiger partial charge in [0, 0.05) is 19.3 Å². The summed E-state index contributed by atoms with van der Waals surface area (Å²) in [5.41, 5.74) is 0.0602. The Morgan fingerprint density at radius 1 is 1.45 bits per heavy atom. The van der Waals surface area contributed by atoms with Gasteiger partial charge in [-0.2, -0.15) is 0 Å². The van der Waals surface area contributed by atoms with Gasteiger partial charge in [0.05, 0.1) is 5.56 Å². The summed E-state index contributed by atoms with van der Waals surface area (Å²) >= 11 is 0. The minimum absolute atomic E-state index is 0.0602. The first-order chi connectivity index (χ1) is 9.72. The Balaban J connectivity index is 1.87. The molecule has 1 aromatic rings.